The van der Waals surface area contributed by atoms with E-state index in [-0.39, 0.29) is 0 Å². The van der Waals surface area contributed by atoms with Gasteiger partial charge >= 0.3 is 0 Å². The number of benzene rings is 2. The minimum atomic E-state index is 0.365. The topological polar surface area (TPSA) is 24.5 Å². The van der Waals surface area contributed by atoms with Crippen molar-refractivity contribution in [2.75, 3.05) is 11.6 Å². The van der Waals surface area contributed by atoms with Crippen molar-refractivity contribution in [2.45, 2.75) is 59.4 Å². The van der Waals surface area contributed by atoms with E-state index in [0.29, 0.717) is 12.0 Å². The molecule has 1 N–H and O–H groups in total. The van der Waals surface area contributed by atoms with Crippen molar-refractivity contribution < 1.29 is 4.74 Å². The Morgan fingerprint density at radius 3 is 2.52 bits per heavy atom. The number of aryl methyl sites for hydroxylation is 1. The van der Waals surface area contributed by atoms with Crippen molar-refractivity contribution in [3.63, 3.8) is 0 Å². The number of nitrogens with zero attached hydrogens (tertiary/aromatic N) is 1. The highest BCUT2D eigenvalue weighted by Crippen LogP contribution is 2.35. The maximum absolute atomic E-state index is 5.75. The lowest BCUT2D eigenvalue weighted by molar-refractivity contribution is 0.288. The molecule has 2 aromatic rings. The van der Waals surface area contributed by atoms with Crippen molar-refractivity contribution in [3.05, 3.63) is 59.8 Å². The van der Waals surface area contributed by atoms with Gasteiger partial charge in [0.15, 0.2) is 0 Å². The molecule has 4 rings (SSSR count). The molecule has 3 heteroatoms. The monoisotopic (exact) mass is 364 g/mol. The van der Waals surface area contributed by atoms with E-state index in [1.54, 1.807) is 0 Å². The third-order valence-electron chi connectivity index (χ3n) is 5.02. The third kappa shape index (κ3) is 4.19. The van der Waals surface area contributed by atoms with E-state index < -0.39 is 0 Å². The summed E-state index contributed by atoms with van der Waals surface area (Å²) in [5.41, 5.74) is 9.93. The standard InChI is InChI=1S/C22H26N2O.C2H6/c1-15(2)20-8-6-18(14-21(20)24-11-10-16(3)23-24)17-7-9-22-19(13-17)5-4-12-25-22;1-2/h6-11,13-16,23H,4-5,12H2,1-3H3;1-2H3. The second-order valence-corrected chi connectivity index (χ2v) is 7.33. The maximum atomic E-state index is 5.75. The number of rotatable bonds is 3. The molecule has 0 saturated carbocycles. The van der Waals surface area contributed by atoms with Crippen LogP contribution in [-0.4, -0.2) is 12.6 Å². The average Bonchev–Trinajstić information content (AvgIpc) is 3.15. The van der Waals surface area contributed by atoms with Crippen molar-refractivity contribution >= 4 is 5.69 Å². The number of ether oxygens (including phenoxy) is 1. The molecule has 0 amide bonds. The second-order valence-electron chi connectivity index (χ2n) is 7.33. The van der Waals surface area contributed by atoms with Crippen molar-refractivity contribution in [1.82, 2.24) is 5.43 Å². The molecule has 0 aliphatic carbocycles. The Kier molecular flexibility index (Phi) is 6.22. The molecule has 144 valence electrons. The normalized spacial score (nSPS) is 18.0. The van der Waals surface area contributed by atoms with Gasteiger partial charge in [0.2, 0.25) is 0 Å². The van der Waals surface area contributed by atoms with Crippen LogP contribution in [0.2, 0.25) is 0 Å². The fraction of sp³-hybridized carbons (Fsp3) is 0.417. The molecule has 1 unspecified atom stereocenters. The van der Waals surface area contributed by atoms with Gasteiger partial charge in [0.1, 0.15) is 5.75 Å². The van der Waals surface area contributed by atoms with Crippen LogP contribution in [0.1, 0.15) is 58.1 Å². The highest BCUT2D eigenvalue weighted by atomic mass is 16.5. The summed E-state index contributed by atoms with van der Waals surface area (Å²) < 4.78 is 5.75. The number of fused-ring (bicyclic) bond motifs is 1. The number of nitrogens with one attached hydrogen (secondary N) is 1. The van der Waals surface area contributed by atoms with E-state index in [1.165, 1.54) is 27.9 Å². The first-order chi connectivity index (χ1) is 13.1. The smallest absolute Gasteiger partial charge is 0.122 e. The fourth-order valence-corrected chi connectivity index (χ4v) is 3.63. The largest absolute Gasteiger partial charge is 0.493 e. The lowest BCUT2D eigenvalue weighted by Crippen LogP contribution is -2.34. The van der Waals surface area contributed by atoms with E-state index in [9.17, 15) is 0 Å². The quantitative estimate of drug-likeness (QED) is 0.717. The zero-order valence-corrected chi connectivity index (χ0v) is 17.3. The van der Waals surface area contributed by atoms with Gasteiger partial charge in [-0.15, -0.1) is 0 Å². The van der Waals surface area contributed by atoms with Crippen LogP contribution in [0.3, 0.4) is 0 Å². The van der Waals surface area contributed by atoms with Crippen molar-refractivity contribution in [3.8, 4) is 16.9 Å². The summed E-state index contributed by atoms with van der Waals surface area (Å²) in [6, 6.07) is 13.8. The summed E-state index contributed by atoms with van der Waals surface area (Å²) in [5, 5.41) is 2.16. The Bertz CT molecular complexity index is 810. The molecule has 1 atom stereocenters. The number of hydrazine groups is 1. The maximum Gasteiger partial charge on any atom is 0.122 e. The molecule has 0 radical (unpaired) electrons. The van der Waals surface area contributed by atoms with Crippen LogP contribution in [0.25, 0.3) is 11.1 Å². The lowest BCUT2D eigenvalue weighted by Gasteiger charge is -2.24. The molecule has 2 heterocycles. The van der Waals surface area contributed by atoms with Crippen LogP contribution in [0.15, 0.2) is 48.7 Å². The van der Waals surface area contributed by atoms with Gasteiger partial charge in [-0.05, 0) is 72.2 Å². The second kappa shape index (κ2) is 8.62. The highest BCUT2D eigenvalue weighted by molar-refractivity contribution is 5.73. The Morgan fingerprint density at radius 1 is 1.07 bits per heavy atom. The van der Waals surface area contributed by atoms with Gasteiger partial charge in [-0.2, -0.15) is 0 Å². The summed E-state index contributed by atoms with van der Waals surface area (Å²) in [6.45, 7) is 11.5. The summed E-state index contributed by atoms with van der Waals surface area (Å²) >= 11 is 0. The molecule has 0 aromatic heterocycles. The first-order valence-electron chi connectivity index (χ1n) is 10.3. The third-order valence-corrected chi connectivity index (χ3v) is 5.02. The molecular weight excluding hydrogens is 332 g/mol. The van der Waals surface area contributed by atoms with E-state index in [0.717, 1.165) is 25.2 Å². The number of hydrogen-bond acceptors (Lipinski definition) is 3. The Labute approximate surface area is 164 Å². The molecule has 0 fully saturated rings. The summed E-state index contributed by atoms with van der Waals surface area (Å²) in [6.07, 6.45) is 6.53. The van der Waals surface area contributed by atoms with Crippen LogP contribution in [0, 0.1) is 0 Å². The molecule has 2 aliphatic rings. The van der Waals surface area contributed by atoms with E-state index in [1.807, 2.05) is 13.8 Å². The fourth-order valence-electron chi connectivity index (χ4n) is 3.63. The van der Waals surface area contributed by atoms with Gasteiger partial charge in [0.05, 0.1) is 12.3 Å². The van der Waals surface area contributed by atoms with Crippen LogP contribution in [0.4, 0.5) is 5.69 Å². The van der Waals surface area contributed by atoms with Gasteiger partial charge < -0.3 is 4.74 Å². The van der Waals surface area contributed by atoms with E-state index >= 15 is 0 Å². The average molecular weight is 365 g/mol. The van der Waals surface area contributed by atoms with Gasteiger partial charge in [-0.25, -0.2) is 5.43 Å². The van der Waals surface area contributed by atoms with Crippen LogP contribution in [0.5, 0.6) is 5.75 Å². The molecular formula is C24H32N2O. The zero-order valence-electron chi connectivity index (χ0n) is 17.3. The van der Waals surface area contributed by atoms with Gasteiger partial charge in [0, 0.05) is 12.2 Å². The van der Waals surface area contributed by atoms with E-state index in [2.05, 4.69) is 79.9 Å². The molecule has 0 saturated heterocycles. The molecule has 2 aliphatic heterocycles. The van der Waals surface area contributed by atoms with Gasteiger partial charge in [0.25, 0.3) is 0 Å². The summed E-state index contributed by atoms with van der Waals surface area (Å²) in [5.74, 6) is 1.53. The predicted octanol–water partition coefficient (Wildman–Crippen LogP) is 6.06. The lowest BCUT2D eigenvalue weighted by atomic mass is 9.94. The molecule has 27 heavy (non-hydrogen) atoms. The Morgan fingerprint density at radius 2 is 1.81 bits per heavy atom. The molecule has 0 bridgehead atoms. The summed E-state index contributed by atoms with van der Waals surface area (Å²) in [7, 11) is 0. The molecule has 0 spiro atoms. The Balaban J connectivity index is 0.00000102. The van der Waals surface area contributed by atoms with Crippen molar-refractivity contribution in [2.24, 2.45) is 0 Å². The first-order valence-corrected chi connectivity index (χ1v) is 10.3. The van der Waals surface area contributed by atoms with Crippen LogP contribution in [-0.2, 0) is 6.42 Å². The highest BCUT2D eigenvalue weighted by Gasteiger charge is 2.18. The predicted molar refractivity (Wildman–Crippen MR) is 115 cm³/mol. The molecule has 3 nitrogen and oxygen atoms in total. The Hall–Kier alpha value is -2.26. The minimum absolute atomic E-state index is 0.365. The zero-order chi connectivity index (χ0) is 19.4. The SMILES string of the molecule is CC.CC1C=CN(c2cc(-c3ccc4c(c3)CCCO4)ccc2C(C)C)N1. The number of hydrogen-bond donors (Lipinski definition) is 1. The van der Waals surface area contributed by atoms with Gasteiger partial charge in [-0.1, -0.05) is 45.9 Å². The van der Waals surface area contributed by atoms with Crippen LogP contribution < -0.4 is 15.2 Å². The van der Waals surface area contributed by atoms with Crippen LogP contribution >= 0.6 is 0 Å². The van der Waals surface area contributed by atoms with E-state index in [4.69, 9.17) is 4.74 Å². The first kappa shape index (κ1) is 19.5. The number of anilines is 1. The van der Waals surface area contributed by atoms with Gasteiger partial charge in [-0.3, -0.25) is 5.01 Å². The minimum Gasteiger partial charge on any atom is -0.493 e. The van der Waals surface area contributed by atoms with Crippen molar-refractivity contribution in [1.29, 1.82) is 0 Å². The molecule has 2 aromatic carbocycles. The summed E-state index contributed by atoms with van der Waals surface area (Å²) in [4.78, 5) is 0.